The van der Waals surface area contributed by atoms with E-state index >= 15 is 0 Å². The minimum atomic E-state index is 0.600. The van der Waals surface area contributed by atoms with Gasteiger partial charge in [-0.3, -0.25) is 5.10 Å². The van der Waals surface area contributed by atoms with E-state index < -0.39 is 0 Å². The van der Waals surface area contributed by atoms with E-state index in [2.05, 4.69) is 21.8 Å². The minimum Gasteiger partial charge on any atom is -0.257 e. The number of aromatic nitrogens is 3. The van der Waals surface area contributed by atoms with E-state index in [1.54, 1.807) is 11.3 Å². The number of thiophene rings is 1. The van der Waals surface area contributed by atoms with Gasteiger partial charge in [0, 0.05) is 10.8 Å². The zero-order chi connectivity index (χ0) is 10.7. The Morgan fingerprint density at radius 3 is 3.20 bits per heavy atom. The van der Waals surface area contributed by atoms with Crippen molar-refractivity contribution in [2.45, 2.75) is 5.16 Å². The van der Waals surface area contributed by atoms with Gasteiger partial charge in [-0.2, -0.15) is 0 Å². The Bertz CT molecular complexity index is 450. The molecule has 0 aliphatic carbocycles. The van der Waals surface area contributed by atoms with E-state index in [-0.39, 0.29) is 0 Å². The van der Waals surface area contributed by atoms with Gasteiger partial charge in [-0.15, -0.1) is 16.4 Å². The molecule has 2 aromatic rings. The van der Waals surface area contributed by atoms with Crippen LogP contribution in [0.3, 0.4) is 0 Å². The molecule has 0 unspecified atom stereocenters. The first-order valence-electron chi connectivity index (χ1n) is 4.18. The molecule has 2 aromatic heterocycles. The highest BCUT2D eigenvalue weighted by atomic mass is 35.5. The van der Waals surface area contributed by atoms with Crippen LogP contribution in [-0.4, -0.2) is 20.9 Å². The molecule has 0 saturated heterocycles. The predicted molar refractivity (Wildman–Crippen MR) is 65.4 cm³/mol. The summed E-state index contributed by atoms with van der Waals surface area (Å²) in [5.41, 5.74) is 0. The molecule has 2 rings (SSSR count). The van der Waals surface area contributed by atoms with E-state index in [0.29, 0.717) is 15.9 Å². The average molecular weight is 258 g/mol. The van der Waals surface area contributed by atoms with Crippen LogP contribution in [0.2, 0.25) is 0 Å². The highest BCUT2D eigenvalue weighted by Gasteiger charge is 2.06. The summed E-state index contributed by atoms with van der Waals surface area (Å²) in [6, 6.07) is 3.98. The van der Waals surface area contributed by atoms with E-state index in [0.717, 1.165) is 10.7 Å². The average Bonchev–Trinajstić information content (AvgIpc) is 2.85. The Labute approximate surface area is 101 Å². The van der Waals surface area contributed by atoms with Crippen LogP contribution in [0.5, 0.6) is 0 Å². The van der Waals surface area contributed by atoms with Gasteiger partial charge in [-0.05, 0) is 11.4 Å². The molecule has 0 atom stereocenters. The maximum atomic E-state index is 5.66. The topological polar surface area (TPSA) is 41.6 Å². The van der Waals surface area contributed by atoms with Gasteiger partial charge in [0.1, 0.15) is 0 Å². The molecule has 78 valence electrons. The summed E-state index contributed by atoms with van der Waals surface area (Å²) in [6.45, 7) is 3.61. The molecule has 0 amide bonds. The molecule has 6 heteroatoms. The molecular formula is C9H8ClN3S2. The molecule has 0 spiro atoms. The molecule has 0 aromatic carbocycles. The predicted octanol–water partition coefficient (Wildman–Crippen LogP) is 3.38. The maximum Gasteiger partial charge on any atom is 0.209 e. The van der Waals surface area contributed by atoms with Crippen LogP contribution < -0.4 is 0 Å². The quantitative estimate of drug-likeness (QED) is 0.854. The van der Waals surface area contributed by atoms with Gasteiger partial charge < -0.3 is 0 Å². The normalized spacial score (nSPS) is 10.5. The molecule has 0 fully saturated rings. The Kier molecular flexibility index (Phi) is 3.45. The Hall–Kier alpha value is -0.780. The van der Waals surface area contributed by atoms with Crippen molar-refractivity contribution >= 4 is 34.7 Å². The molecular weight excluding hydrogens is 250 g/mol. The van der Waals surface area contributed by atoms with Gasteiger partial charge >= 0.3 is 0 Å². The minimum absolute atomic E-state index is 0.600. The summed E-state index contributed by atoms with van der Waals surface area (Å²) in [4.78, 5) is 5.41. The van der Waals surface area contributed by atoms with Gasteiger partial charge in [0.2, 0.25) is 5.16 Å². The zero-order valence-corrected chi connectivity index (χ0v) is 10.1. The molecule has 1 N–H and O–H groups in total. The van der Waals surface area contributed by atoms with E-state index in [1.165, 1.54) is 11.8 Å². The Morgan fingerprint density at radius 1 is 1.67 bits per heavy atom. The lowest BCUT2D eigenvalue weighted by Gasteiger charge is -1.91. The van der Waals surface area contributed by atoms with Crippen LogP contribution >= 0.6 is 34.7 Å². The summed E-state index contributed by atoms with van der Waals surface area (Å²) in [5, 5.41) is 10.3. The smallest absolute Gasteiger partial charge is 0.209 e. The van der Waals surface area contributed by atoms with Crippen LogP contribution in [0.15, 0.2) is 34.3 Å². The summed E-state index contributed by atoms with van der Waals surface area (Å²) >= 11 is 8.75. The molecule has 0 bridgehead atoms. The van der Waals surface area contributed by atoms with Crippen LogP contribution in [0, 0.1) is 0 Å². The monoisotopic (exact) mass is 257 g/mol. The largest absolute Gasteiger partial charge is 0.257 e. The molecule has 0 saturated carbocycles. The van der Waals surface area contributed by atoms with E-state index in [1.807, 2.05) is 17.5 Å². The van der Waals surface area contributed by atoms with Crippen molar-refractivity contribution in [3.8, 4) is 10.7 Å². The number of H-pyrrole nitrogens is 1. The van der Waals surface area contributed by atoms with Crippen LogP contribution in [0.1, 0.15) is 0 Å². The first-order chi connectivity index (χ1) is 7.25. The lowest BCUT2D eigenvalue weighted by molar-refractivity contribution is 0.975. The lowest BCUT2D eigenvalue weighted by atomic mass is 10.4. The number of hydrogen-bond donors (Lipinski definition) is 1. The van der Waals surface area contributed by atoms with Gasteiger partial charge in [-0.1, -0.05) is 36.0 Å². The van der Waals surface area contributed by atoms with Crippen molar-refractivity contribution in [3.05, 3.63) is 29.1 Å². The number of nitrogens with zero attached hydrogens (tertiary/aromatic N) is 2. The van der Waals surface area contributed by atoms with Crippen molar-refractivity contribution in [2.24, 2.45) is 0 Å². The second-order valence-electron chi connectivity index (χ2n) is 2.75. The molecule has 0 aliphatic rings. The summed E-state index contributed by atoms with van der Waals surface area (Å²) in [5.74, 6) is 1.43. The van der Waals surface area contributed by atoms with Crippen LogP contribution in [0.25, 0.3) is 10.7 Å². The SMILES string of the molecule is C=C(Cl)CSc1n[nH]c(-c2cccs2)n1. The third kappa shape index (κ3) is 2.84. The second kappa shape index (κ2) is 4.83. The first kappa shape index (κ1) is 10.7. The van der Waals surface area contributed by atoms with Gasteiger partial charge in [0.25, 0.3) is 0 Å². The van der Waals surface area contributed by atoms with Crippen LogP contribution in [0.4, 0.5) is 0 Å². The van der Waals surface area contributed by atoms with Crippen LogP contribution in [-0.2, 0) is 0 Å². The number of rotatable bonds is 4. The first-order valence-corrected chi connectivity index (χ1v) is 6.42. The molecule has 15 heavy (non-hydrogen) atoms. The molecule has 3 nitrogen and oxygen atoms in total. The standard InChI is InChI=1S/C9H8ClN3S2/c1-6(10)5-15-9-11-8(12-13-9)7-3-2-4-14-7/h2-4H,1,5H2,(H,11,12,13). The summed E-state index contributed by atoms with van der Waals surface area (Å²) in [7, 11) is 0. The fourth-order valence-corrected chi connectivity index (χ4v) is 2.36. The highest BCUT2D eigenvalue weighted by molar-refractivity contribution is 7.99. The van der Waals surface area contributed by atoms with Gasteiger partial charge in [-0.25, -0.2) is 4.98 Å². The number of halogens is 1. The zero-order valence-electron chi connectivity index (χ0n) is 7.74. The Morgan fingerprint density at radius 2 is 2.53 bits per heavy atom. The number of nitrogens with one attached hydrogen (secondary N) is 1. The molecule has 2 heterocycles. The van der Waals surface area contributed by atoms with Crippen molar-refractivity contribution in [2.75, 3.05) is 5.75 Å². The van der Waals surface area contributed by atoms with Gasteiger partial charge in [0.15, 0.2) is 5.82 Å². The van der Waals surface area contributed by atoms with E-state index in [4.69, 9.17) is 11.6 Å². The van der Waals surface area contributed by atoms with Crippen molar-refractivity contribution in [1.82, 2.24) is 15.2 Å². The Balaban J connectivity index is 2.08. The fourth-order valence-electron chi connectivity index (χ4n) is 0.977. The van der Waals surface area contributed by atoms with Crippen molar-refractivity contribution in [3.63, 3.8) is 0 Å². The summed E-state index contributed by atoms with van der Waals surface area (Å²) < 4.78 is 0. The third-order valence-corrected chi connectivity index (χ3v) is 3.68. The number of thioether (sulfide) groups is 1. The highest BCUT2D eigenvalue weighted by Crippen LogP contribution is 2.24. The molecule has 0 radical (unpaired) electrons. The number of aromatic amines is 1. The van der Waals surface area contributed by atoms with E-state index in [9.17, 15) is 0 Å². The van der Waals surface area contributed by atoms with Crippen molar-refractivity contribution < 1.29 is 0 Å². The fraction of sp³-hybridized carbons (Fsp3) is 0.111. The van der Waals surface area contributed by atoms with Crippen molar-refractivity contribution in [1.29, 1.82) is 0 Å². The maximum absolute atomic E-state index is 5.66. The number of hydrogen-bond acceptors (Lipinski definition) is 4. The second-order valence-corrected chi connectivity index (χ2v) is 5.17. The third-order valence-electron chi connectivity index (χ3n) is 1.58. The molecule has 0 aliphatic heterocycles. The van der Waals surface area contributed by atoms with Gasteiger partial charge in [0.05, 0.1) is 4.88 Å². The lowest BCUT2D eigenvalue weighted by Crippen LogP contribution is -1.79. The summed E-state index contributed by atoms with van der Waals surface area (Å²) in [6.07, 6.45) is 0.